The molecule has 1 heterocycles. The maximum atomic E-state index is 12.4. The van der Waals surface area contributed by atoms with Gasteiger partial charge >= 0.3 is 5.97 Å². The van der Waals surface area contributed by atoms with E-state index in [9.17, 15) is 14.7 Å². The van der Waals surface area contributed by atoms with Gasteiger partial charge in [-0.15, -0.1) is 0 Å². The van der Waals surface area contributed by atoms with E-state index in [4.69, 9.17) is 0 Å². The highest BCUT2D eigenvalue weighted by Crippen LogP contribution is 2.19. The monoisotopic (exact) mass is 319 g/mol. The number of rotatable bonds is 7. The number of aliphatic hydroxyl groups excluding tert-OH is 1. The Labute approximate surface area is 134 Å². The van der Waals surface area contributed by atoms with E-state index >= 15 is 0 Å². The number of para-hydroxylation sites is 1. The van der Waals surface area contributed by atoms with Gasteiger partial charge in [0.1, 0.15) is 0 Å². The molecule has 1 aromatic heterocycles. The number of methoxy groups -OCH3 is 1. The van der Waals surface area contributed by atoms with Gasteiger partial charge in [0.15, 0.2) is 11.7 Å². The minimum atomic E-state index is -1.10. The molecule has 1 atom stereocenters. The normalized spacial score (nSPS) is 12.1. The molecule has 2 aromatic rings. The van der Waals surface area contributed by atoms with Gasteiger partial charge in [-0.25, -0.2) is 4.79 Å². The van der Waals surface area contributed by atoms with Crippen molar-refractivity contribution in [1.82, 2.24) is 15.1 Å². The van der Waals surface area contributed by atoms with Gasteiger partial charge in [0.2, 0.25) is 0 Å². The van der Waals surface area contributed by atoms with Crippen molar-refractivity contribution < 1.29 is 19.4 Å². The Hall–Kier alpha value is -2.41. The fourth-order valence-electron chi connectivity index (χ4n) is 2.32. The molecule has 1 aromatic carbocycles. The number of aryl methyl sites for hydroxylation is 1. The van der Waals surface area contributed by atoms with Crippen molar-refractivity contribution in [2.45, 2.75) is 32.4 Å². The Morgan fingerprint density at radius 2 is 2.13 bits per heavy atom. The number of amides is 1. The lowest BCUT2D eigenvalue weighted by Gasteiger charge is -2.12. The minimum absolute atomic E-state index is 0.235. The summed E-state index contributed by atoms with van der Waals surface area (Å²) in [5, 5.41) is 16.8. The number of nitrogens with zero attached hydrogens (tertiary/aromatic N) is 2. The third kappa shape index (κ3) is 3.68. The Bertz CT molecular complexity index is 696. The van der Waals surface area contributed by atoms with E-state index in [1.807, 2.05) is 24.3 Å². The molecule has 0 bridgehead atoms. The third-order valence-corrected chi connectivity index (χ3v) is 3.57. The van der Waals surface area contributed by atoms with Crippen LogP contribution in [0.5, 0.6) is 0 Å². The number of unbranched alkanes of at least 4 members (excludes halogenated alkanes) is 1. The molecule has 23 heavy (non-hydrogen) atoms. The van der Waals surface area contributed by atoms with Crippen LogP contribution in [-0.2, 0) is 16.1 Å². The van der Waals surface area contributed by atoms with E-state index in [0.29, 0.717) is 11.9 Å². The molecule has 2 N–H and O–H groups in total. The van der Waals surface area contributed by atoms with Crippen molar-refractivity contribution in [1.29, 1.82) is 0 Å². The van der Waals surface area contributed by atoms with Crippen LogP contribution in [0.2, 0.25) is 0 Å². The summed E-state index contributed by atoms with van der Waals surface area (Å²) in [6.07, 6.45) is 1.97. The number of hydrogen-bond donors (Lipinski definition) is 2. The Balaban J connectivity index is 2.31. The Morgan fingerprint density at radius 3 is 2.78 bits per heavy atom. The summed E-state index contributed by atoms with van der Waals surface area (Å²) in [5.41, 5.74) is 1.10. The molecule has 2 rings (SSSR count). The van der Waals surface area contributed by atoms with Crippen molar-refractivity contribution in [3.63, 3.8) is 0 Å². The number of aromatic nitrogens is 2. The summed E-state index contributed by atoms with van der Waals surface area (Å²) in [5.74, 6) is -1.21. The Kier molecular flexibility index (Phi) is 5.70. The molecule has 7 nitrogen and oxygen atoms in total. The summed E-state index contributed by atoms with van der Waals surface area (Å²) in [6, 6.07) is 6.32. The first-order valence-electron chi connectivity index (χ1n) is 7.57. The van der Waals surface area contributed by atoms with E-state index in [2.05, 4.69) is 22.1 Å². The molecule has 0 spiro atoms. The first-order chi connectivity index (χ1) is 11.1. The molecular weight excluding hydrogens is 298 g/mol. The third-order valence-electron chi connectivity index (χ3n) is 3.57. The predicted molar refractivity (Wildman–Crippen MR) is 85.0 cm³/mol. The number of carbonyl (C=O) groups is 2. The quantitative estimate of drug-likeness (QED) is 0.745. The number of nitrogens with one attached hydrogen (secondary N) is 1. The van der Waals surface area contributed by atoms with E-state index in [1.54, 1.807) is 4.68 Å². The van der Waals surface area contributed by atoms with Crippen LogP contribution in [0.25, 0.3) is 10.9 Å². The fraction of sp³-hybridized carbons (Fsp3) is 0.438. The number of benzene rings is 1. The molecular formula is C16H21N3O4. The first-order valence-corrected chi connectivity index (χ1v) is 7.57. The van der Waals surface area contributed by atoms with E-state index < -0.39 is 24.5 Å². The number of fused-ring (bicyclic) bond motifs is 1. The molecule has 0 aliphatic rings. The second kappa shape index (κ2) is 7.73. The van der Waals surface area contributed by atoms with Gasteiger partial charge in [0, 0.05) is 11.9 Å². The van der Waals surface area contributed by atoms with Crippen molar-refractivity contribution in [2.75, 3.05) is 13.7 Å². The number of aliphatic hydroxyl groups is 1. The molecule has 0 saturated carbocycles. The standard InChI is InChI=1S/C16H21N3O4/c1-3-4-9-19-13-8-6-5-7-11(13)14(18-19)15(21)17-12(10-20)16(22)23-2/h5-8,12,20H,3-4,9-10H2,1-2H3,(H,17,21)/t12-/m1/s1. The van der Waals surface area contributed by atoms with Crippen LogP contribution in [0.4, 0.5) is 0 Å². The lowest BCUT2D eigenvalue weighted by Crippen LogP contribution is -2.44. The summed E-state index contributed by atoms with van der Waals surface area (Å²) < 4.78 is 6.34. The largest absolute Gasteiger partial charge is 0.467 e. The highest BCUT2D eigenvalue weighted by atomic mass is 16.5. The minimum Gasteiger partial charge on any atom is -0.467 e. The molecule has 0 fully saturated rings. The van der Waals surface area contributed by atoms with Crippen LogP contribution >= 0.6 is 0 Å². The molecule has 0 unspecified atom stereocenters. The van der Waals surface area contributed by atoms with Crippen molar-refractivity contribution in [3.05, 3.63) is 30.0 Å². The van der Waals surface area contributed by atoms with E-state index in [-0.39, 0.29) is 5.69 Å². The smallest absolute Gasteiger partial charge is 0.330 e. The maximum Gasteiger partial charge on any atom is 0.330 e. The van der Waals surface area contributed by atoms with Crippen LogP contribution in [0.15, 0.2) is 24.3 Å². The molecule has 0 saturated heterocycles. The second-order valence-corrected chi connectivity index (χ2v) is 5.17. The fourth-order valence-corrected chi connectivity index (χ4v) is 2.32. The van der Waals surface area contributed by atoms with Gasteiger partial charge < -0.3 is 15.2 Å². The highest BCUT2D eigenvalue weighted by molar-refractivity contribution is 6.05. The zero-order chi connectivity index (χ0) is 16.8. The molecule has 1 amide bonds. The zero-order valence-electron chi connectivity index (χ0n) is 13.3. The van der Waals surface area contributed by atoms with Gasteiger partial charge in [0.25, 0.3) is 5.91 Å². The highest BCUT2D eigenvalue weighted by Gasteiger charge is 2.24. The summed E-state index contributed by atoms with van der Waals surface area (Å²) in [6.45, 7) is 2.26. The zero-order valence-corrected chi connectivity index (χ0v) is 13.3. The van der Waals surface area contributed by atoms with E-state index in [0.717, 1.165) is 18.4 Å². The second-order valence-electron chi connectivity index (χ2n) is 5.17. The molecule has 0 aliphatic heterocycles. The van der Waals surface area contributed by atoms with Gasteiger partial charge in [0.05, 0.1) is 19.2 Å². The number of ether oxygens (including phenoxy) is 1. The lowest BCUT2D eigenvalue weighted by molar-refractivity contribution is -0.143. The molecule has 124 valence electrons. The van der Waals surface area contributed by atoms with Crippen LogP contribution in [0, 0.1) is 0 Å². The van der Waals surface area contributed by atoms with Crippen molar-refractivity contribution >= 4 is 22.8 Å². The molecule has 7 heteroatoms. The van der Waals surface area contributed by atoms with Crippen molar-refractivity contribution in [3.8, 4) is 0 Å². The van der Waals surface area contributed by atoms with Gasteiger partial charge in [-0.3, -0.25) is 9.48 Å². The average molecular weight is 319 g/mol. The maximum absolute atomic E-state index is 12.4. The van der Waals surface area contributed by atoms with E-state index in [1.165, 1.54) is 7.11 Å². The number of carbonyl (C=O) groups excluding carboxylic acids is 2. The summed E-state index contributed by atoms with van der Waals surface area (Å²) in [4.78, 5) is 23.9. The van der Waals surface area contributed by atoms with Crippen molar-refractivity contribution in [2.24, 2.45) is 0 Å². The van der Waals surface area contributed by atoms with Crippen LogP contribution in [0.3, 0.4) is 0 Å². The topological polar surface area (TPSA) is 93.5 Å². The number of esters is 1. The SMILES string of the molecule is CCCCn1nc(C(=O)N[C@H](CO)C(=O)OC)c2ccccc21. The Morgan fingerprint density at radius 1 is 1.39 bits per heavy atom. The summed E-state index contributed by atoms with van der Waals surface area (Å²) in [7, 11) is 1.20. The average Bonchev–Trinajstić information content (AvgIpc) is 2.96. The first kappa shape index (κ1) is 17.0. The van der Waals surface area contributed by atoms with Crippen LogP contribution < -0.4 is 5.32 Å². The van der Waals surface area contributed by atoms with Gasteiger partial charge in [-0.1, -0.05) is 31.5 Å². The van der Waals surface area contributed by atoms with Crippen LogP contribution in [-0.4, -0.2) is 46.5 Å². The van der Waals surface area contributed by atoms with Gasteiger partial charge in [-0.05, 0) is 12.5 Å². The van der Waals surface area contributed by atoms with Crippen LogP contribution in [0.1, 0.15) is 30.3 Å². The lowest BCUT2D eigenvalue weighted by atomic mass is 10.2. The van der Waals surface area contributed by atoms with Gasteiger partial charge in [-0.2, -0.15) is 5.10 Å². The molecule has 0 radical (unpaired) electrons. The predicted octanol–water partition coefficient (Wildman–Crippen LogP) is 1.10. The summed E-state index contributed by atoms with van der Waals surface area (Å²) >= 11 is 0. The molecule has 0 aliphatic carbocycles. The number of hydrogen-bond acceptors (Lipinski definition) is 5.